The van der Waals surface area contributed by atoms with Crippen molar-refractivity contribution in [3.63, 3.8) is 0 Å². The lowest BCUT2D eigenvalue weighted by atomic mass is 10.3. The third-order valence-electron chi connectivity index (χ3n) is 2.10. The highest BCUT2D eigenvalue weighted by Crippen LogP contribution is 2.30. The maximum atomic E-state index is 12.3. The van der Waals surface area contributed by atoms with Gasteiger partial charge in [0.1, 0.15) is 5.75 Å². The van der Waals surface area contributed by atoms with Crippen molar-refractivity contribution in [3.8, 4) is 11.6 Å². The first-order valence-corrected chi connectivity index (χ1v) is 5.71. The fourth-order valence-electron chi connectivity index (χ4n) is 1.23. The van der Waals surface area contributed by atoms with Gasteiger partial charge in [0.05, 0.1) is 5.56 Å². The predicted molar refractivity (Wildman–Crippen MR) is 63.5 cm³/mol. The van der Waals surface area contributed by atoms with Gasteiger partial charge < -0.3 is 4.74 Å². The van der Waals surface area contributed by atoms with E-state index in [1.807, 2.05) is 0 Å². The fraction of sp³-hybridized carbons (Fsp3) is 0.0833. The Hall–Kier alpha value is -1.56. The highest BCUT2D eigenvalue weighted by molar-refractivity contribution is 9.10. The average molecular weight is 318 g/mol. The van der Waals surface area contributed by atoms with Gasteiger partial charge in [-0.25, -0.2) is 4.98 Å². The van der Waals surface area contributed by atoms with Crippen molar-refractivity contribution >= 4 is 15.9 Å². The molecule has 1 aromatic carbocycles. The van der Waals surface area contributed by atoms with Gasteiger partial charge in [-0.3, -0.25) is 0 Å². The lowest BCUT2D eigenvalue weighted by molar-refractivity contribution is -0.137. The van der Waals surface area contributed by atoms with Crippen LogP contribution >= 0.6 is 15.9 Å². The topological polar surface area (TPSA) is 22.1 Å². The molecule has 2 rings (SSSR count). The van der Waals surface area contributed by atoms with Gasteiger partial charge in [-0.15, -0.1) is 0 Å². The van der Waals surface area contributed by atoms with Gasteiger partial charge in [0.15, 0.2) is 0 Å². The van der Waals surface area contributed by atoms with E-state index in [2.05, 4.69) is 20.9 Å². The Balaban J connectivity index is 2.13. The third kappa shape index (κ3) is 3.22. The number of alkyl halides is 3. The van der Waals surface area contributed by atoms with E-state index in [0.29, 0.717) is 5.75 Å². The molecule has 2 aromatic rings. The summed E-state index contributed by atoms with van der Waals surface area (Å²) in [6, 6.07) is 9.01. The van der Waals surface area contributed by atoms with E-state index in [4.69, 9.17) is 4.74 Å². The Morgan fingerprint density at radius 1 is 1.00 bits per heavy atom. The normalized spacial score (nSPS) is 11.3. The largest absolute Gasteiger partial charge is 0.439 e. The zero-order chi connectivity index (χ0) is 13.2. The molecule has 0 aliphatic carbocycles. The van der Waals surface area contributed by atoms with Crippen LogP contribution in [-0.4, -0.2) is 4.98 Å². The number of ether oxygens (including phenoxy) is 1. The molecule has 0 fully saturated rings. The molecule has 0 saturated carbocycles. The molecule has 0 amide bonds. The number of halogens is 4. The zero-order valence-electron chi connectivity index (χ0n) is 8.91. The lowest BCUT2D eigenvalue weighted by Crippen LogP contribution is -2.05. The Morgan fingerprint density at radius 3 is 2.17 bits per heavy atom. The summed E-state index contributed by atoms with van der Waals surface area (Å²) in [5.74, 6) is 0.621. The van der Waals surface area contributed by atoms with Crippen molar-refractivity contribution in [2.75, 3.05) is 0 Å². The van der Waals surface area contributed by atoms with Crippen molar-refractivity contribution in [2.45, 2.75) is 6.18 Å². The van der Waals surface area contributed by atoms with Crippen LogP contribution in [0, 0.1) is 0 Å². The minimum absolute atomic E-state index is 0.116. The van der Waals surface area contributed by atoms with Crippen LogP contribution in [0.25, 0.3) is 0 Å². The van der Waals surface area contributed by atoms with Crippen LogP contribution in [0.2, 0.25) is 0 Å². The second-order valence-electron chi connectivity index (χ2n) is 3.44. The molecule has 0 unspecified atom stereocenters. The van der Waals surface area contributed by atoms with E-state index in [1.54, 1.807) is 24.3 Å². The number of nitrogens with zero attached hydrogens (tertiary/aromatic N) is 1. The van der Waals surface area contributed by atoms with Crippen LogP contribution in [0.4, 0.5) is 13.2 Å². The number of aromatic nitrogens is 1. The highest BCUT2D eigenvalue weighted by Gasteiger charge is 2.30. The summed E-state index contributed by atoms with van der Waals surface area (Å²) in [6.45, 7) is 0. The van der Waals surface area contributed by atoms with Gasteiger partial charge in [0.2, 0.25) is 5.88 Å². The lowest BCUT2D eigenvalue weighted by Gasteiger charge is -2.07. The summed E-state index contributed by atoms with van der Waals surface area (Å²) in [5, 5.41) is 0. The van der Waals surface area contributed by atoms with Crippen LogP contribution in [0.15, 0.2) is 47.1 Å². The monoisotopic (exact) mass is 317 g/mol. The number of hydrogen-bond donors (Lipinski definition) is 0. The Labute approximate surface area is 110 Å². The van der Waals surface area contributed by atoms with Crippen LogP contribution in [0.5, 0.6) is 11.6 Å². The summed E-state index contributed by atoms with van der Waals surface area (Å²) in [5.41, 5.74) is -0.800. The molecule has 0 N–H and O–H groups in total. The molecule has 6 heteroatoms. The molecule has 2 nitrogen and oxygen atoms in total. The van der Waals surface area contributed by atoms with Gasteiger partial charge in [-0.1, -0.05) is 15.9 Å². The molecule has 1 aromatic heterocycles. The quantitative estimate of drug-likeness (QED) is 0.804. The van der Waals surface area contributed by atoms with Crippen LogP contribution in [-0.2, 0) is 6.18 Å². The number of rotatable bonds is 2. The molecule has 18 heavy (non-hydrogen) atoms. The molecule has 94 valence electrons. The molecule has 0 aliphatic heterocycles. The van der Waals surface area contributed by atoms with Crippen molar-refractivity contribution in [1.29, 1.82) is 0 Å². The Kier molecular flexibility index (Phi) is 3.56. The Morgan fingerprint density at radius 2 is 1.67 bits per heavy atom. The molecular weight excluding hydrogens is 311 g/mol. The minimum Gasteiger partial charge on any atom is -0.439 e. The van der Waals surface area contributed by atoms with Crippen LogP contribution < -0.4 is 4.74 Å². The maximum absolute atomic E-state index is 12.3. The summed E-state index contributed by atoms with van der Waals surface area (Å²) < 4.78 is 43.1. The first kappa shape index (κ1) is 12.9. The second kappa shape index (κ2) is 4.97. The van der Waals surface area contributed by atoms with Gasteiger partial charge in [-0.2, -0.15) is 13.2 Å². The van der Waals surface area contributed by atoms with E-state index in [1.165, 1.54) is 6.07 Å². The van der Waals surface area contributed by atoms with Crippen molar-refractivity contribution < 1.29 is 17.9 Å². The van der Waals surface area contributed by atoms with Crippen LogP contribution in [0.1, 0.15) is 5.56 Å². The van der Waals surface area contributed by atoms with E-state index < -0.39 is 11.7 Å². The highest BCUT2D eigenvalue weighted by atomic mass is 79.9. The molecule has 0 saturated heterocycles. The van der Waals surface area contributed by atoms with Gasteiger partial charge in [0, 0.05) is 16.7 Å². The standard InChI is InChI=1S/C12H7BrF3NO/c13-9-2-4-10(5-3-9)18-11-6-1-8(7-17-11)12(14,15)16/h1-7H. The number of hydrogen-bond acceptors (Lipinski definition) is 2. The second-order valence-corrected chi connectivity index (χ2v) is 4.35. The summed E-state index contributed by atoms with van der Waals surface area (Å²) in [6.07, 6.45) is -3.64. The predicted octanol–water partition coefficient (Wildman–Crippen LogP) is 4.66. The maximum Gasteiger partial charge on any atom is 0.417 e. The smallest absolute Gasteiger partial charge is 0.417 e. The molecule has 0 radical (unpaired) electrons. The Bertz CT molecular complexity index is 523. The third-order valence-corrected chi connectivity index (χ3v) is 2.63. The van der Waals surface area contributed by atoms with Crippen molar-refractivity contribution in [1.82, 2.24) is 4.98 Å². The summed E-state index contributed by atoms with van der Waals surface area (Å²) in [4.78, 5) is 3.61. The number of pyridine rings is 1. The van der Waals surface area contributed by atoms with Gasteiger partial charge in [0.25, 0.3) is 0 Å². The first-order valence-electron chi connectivity index (χ1n) is 4.92. The average Bonchev–Trinajstić information content (AvgIpc) is 2.32. The van der Waals surface area contributed by atoms with Crippen molar-refractivity contribution in [2.24, 2.45) is 0 Å². The van der Waals surface area contributed by atoms with E-state index in [9.17, 15) is 13.2 Å². The molecule has 0 bridgehead atoms. The molecule has 1 heterocycles. The van der Waals surface area contributed by atoms with Crippen molar-refractivity contribution in [3.05, 3.63) is 52.6 Å². The number of benzene rings is 1. The SMILES string of the molecule is FC(F)(F)c1ccc(Oc2ccc(Br)cc2)nc1. The van der Waals surface area contributed by atoms with Crippen LogP contribution in [0.3, 0.4) is 0 Å². The fourth-order valence-corrected chi connectivity index (χ4v) is 1.50. The van der Waals surface area contributed by atoms with E-state index in [-0.39, 0.29) is 5.88 Å². The molecular formula is C12H7BrF3NO. The molecule has 0 aliphatic rings. The van der Waals surface area contributed by atoms with E-state index in [0.717, 1.165) is 16.7 Å². The minimum atomic E-state index is -4.39. The summed E-state index contributed by atoms with van der Waals surface area (Å²) >= 11 is 3.27. The zero-order valence-corrected chi connectivity index (χ0v) is 10.5. The molecule has 0 spiro atoms. The summed E-state index contributed by atoms with van der Waals surface area (Å²) in [7, 11) is 0. The first-order chi connectivity index (χ1) is 8.45. The van der Waals surface area contributed by atoms with Gasteiger partial charge in [-0.05, 0) is 30.3 Å². The van der Waals surface area contributed by atoms with Gasteiger partial charge >= 0.3 is 6.18 Å². The molecule has 0 atom stereocenters. The van der Waals surface area contributed by atoms with E-state index >= 15 is 0 Å².